The minimum Gasteiger partial charge on any atom is -0.496 e. The van der Waals surface area contributed by atoms with Crippen LogP contribution in [0.5, 0.6) is 17.2 Å². The fourth-order valence-electron chi connectivity index (χ4n) is 5.29. The third kappa shape index (κ3) is 4.92. The van der Waals surface area contributed by atoms with Crippen LogP contribution in [0, 0.1) is 0 Å². The number of hydrogen-bond donors (Lipinski definition) is 0. The fraction of sp³-hybridized carbons (Fsp3) is 0.0833. The molecule has 0 aliphatic carbocycles. The monoisotopic (exact) mass is 581 g/mol. The Kier molecular flexibility index (Phi) is 7.00. The van der Waals surface area contributed by atoms with Crippen molar-refractivity contribution >= 4 is 38.9 Å². The number of fused-ring (bicyclic) bond motifs is 3. The number of methoxy groups -OCH3 is 2. The average Bonchev–Trinajstić information content (AvgIpc) is 3.51. The summed E-state index contributed by atoms with van der Waals surface area (Å²) < 4.78 is 24.7. The number of aromatic nitrogens is 2. The van der Waals surface area contributed by atoms with E-state index in [9.17, 15) is 4.79 Å². The van der Waals surface area contributed by atoms with Gasteiger partial charge in [-0.05, 0) is 70.4 Å². The highest BCUT2D eigenvalue weighted by Crippen LogP contribution is 2.33. The summed E-state index contributed by atoms with van der Waals surface area (Å²) in [6.45, 7) is 0.384. The Morgan fingerprint density at radius 1 is 0.773 bits per heavy atom. The van der Waals surface area contributed by atoms with Crippen molar-refractivity contribution in [3.05, 3.63) is 131 Å². The number of furan rings is 1. The van der Waals surface area contributed by atoms with Crippen LogP contribution < -0.4 is 19.8 Å². The van der Waals surface area contributed by atoms with Gasteiger partial charge in [0.05, 0.1) is 36.7 Å². The van der Waals surface area contributed by atoms with Crippen LogP contribution in [0.1, 0.15) is 11.1 Å². The van der Waals surface area contributed by atoms with Gasteiger partial charge in [0.1, 0.15) is 17.9 Å². The van der Waals surface area contributed by atoms with E-state index in [4.69, 9.17) is 23.6 Å². The van der Waals surface area contributed by atoms with E-state index < -0.39 is 0 Å². The maximum atomic E-state index is 13.7. The predicted molar refractivity (Wildman–Crippen MR) is 172 cm³/mol. The molecule has 0 aliphatic heterocycles. The zero-order valence-electron chi connectivity index (χ0n) is 24.1. The molecule has 7 aromatic rings. The van der Waals surface area contributed by atoms with Crippen LogP contribution >= 0.6 is 0 Å². The molecule has 44 heavy (non-hydrogen) atoms. The largest absolute Gasteiger partial charge is 0.496 e. The van der Waals surface area contributed by atoms with Crippen molar-refractivity contribution in [2.75, 3.05) is 14.2 Å². The number of benzene rings is 5. The zero-order chi connectivity index (χ0) is 30.0. The van der Waals surface area contributed by atoms with Gasteiger partial charge in [0.15, 0.2) is 17.3 Å². The lowest BCUT2D eigenvalue weighted by molar-refractivity contribution is 0.285. The molecule has 2 aromatic heterocycles. The van der Waals surface area contributed by atoms with Gasteiger partial charge in [0.25, 0.3) is 5.56 Å². The standard InChI is InChI=1S/C36H27N3O5/c1-41-30-15-8-16-31-28(30)20-34(44-31)35-38-29-14-6-5-13-27(29)36(40)39(35)37-21-23-17-18-32(33(19-23)42-2)43-22-25-11-7-10-24-9-3-4-12-26(24)25/h3-21H,22H2,1-2H3. The molecule has 8 heteroatoms. The van der Waals surface area contributed by atoms with E-state index in [1.54, 1.807) is 38.6 Å². The fourth-order valence-corrected chi connectivity index (χ4v) is 5.29. The third-order valence-electron chi connectivity index (χ3n) is 7.49. The van der Waals surface area contributed by atoms with Crippen molar-refractivity contribution in [1.82, 2.24) is 9.66 Å². The Morgan fingerprint density at radius 3 is 2.41 bits per heavy atom. The predicted octanol–water partition coefficient (Wildman–Crippen LogP) is 7.44. The molecule has 2 heterocycles. The van der Waals surface area contributed by atoms with Gasteiger partial charge in [-0.2, -0.15) is 9.78 Å². The first-order valence-electron chi connectivity index (χ1n) is 14.0. The van der Waals surface area contributed by atoms with E-state index in [-0.39, 0.29) is 11.4 Å². The summed E-state index contributed by atoms with van der Waals surface area (Å²) >= 11 is 0. The first-order valence-corrected chi connectivity index (χ1v) is 14.0. The molecule has 216 valence electrons. The maximum absolute atomic E-state index is 13.7. The molecule has 0 radical (unpaired) electrons. The first kappa shape index (κ1) is 27.0. The Morgan fingerprint density at radius 2 is 1.55 bits per heavy atom. The van der Waals surface area contributed by atoms with Crippen LogP contribution in [-0.4, -0.2) is 30.1 Å². The molecule has 7 rings (SSSR count). The highest BCUT2D eigenvalue weighted by Gasteiger charge is 2.18. The van der Waals surface area contributed by atoms with E-state index in [1.165, 1.54) is 4.68 Å². The summed E-state index contributed by atoms with van der Waals surface area (Å²) in [7, 11) is 3.19. The van der Waals surface area contributed by atoms with Crippen molar-refractivity contribution in [3.8, 4) is 28.8 Å². The smallest absolute Gasteiger partial charge is 0.282 e. The van der Waals surface area contributed by atoms with Gasteiger partial charge in [0, 0.05) is 0 Å². The van der Waals surface area contributed by atoms with Crippen LogP contribution in [0.15, 0.2) is 124 Å². The van der Waals surface area contributed by atoms with Crippen molar-refractivity contribution in [3.63, 3.8) is 0 Å². The lowest BCUT2D eigenvalue weighted by Gasteiger charge is -2.13. The van der Waals surface area contributed by atoms with Crippen molar-refractivity contribution in [2.45, 2.75) is 6.61 Å². The topological polar surface area (TPSA) is 88.1 Å². The SMILES string of the molecule is COc1cc(C=Nn2c(-c3cc4c(OC)cccc4o3)nc3ccccc3c2=O)ccc1OCc1cccc2ccccc12. The Bertz CT molecular complexity index is 2240. The molecule has 0 amide bonds. The van der Waals surface area contributed by atoms with Gasteiger partial charge >= 0.3 is 0 Å². The molecule has 0 N–H and O–H groups in total. The highest BCUT2D eigenvalue weighted by atomic mass is 16.5. The van der Waals surface area contributed by atoms with Gasteiger partial charge in [-0.15, -0.1) is 0 Å². The average molecular weight is 582 g/mol. The molecule has 0 atom stereocenters. The molecule has 0 saturated carbocycles. The second kappa shape index (κ2) is 11.4. The maximum Gasteiger partial charge on any atom is 0.282 e. The zero-order valence-corrected chi connectivity index (χ0v) is 24.1. The van der Waals surface area contributed by atoms with Crippen LogP contribution in [0.2, 0.25) is 0 Å². The molecule has 0 bridgehead atoms. The highest BCUT2D eigenvalue weighted by molar-refractivity contribution is 5.89. The normalized spacial score (nSPS) is 11.5. The lowest BCUT2D eigenvalue weighted by atomic mass is 10.1. The summed E-state index contributed by atoms with van der Waals surface area (Å²) in [5, 5.41) is 8.09. The first-order chi connectivity index (χ1) is 21.6. The molecule has 0 aliphatic rings. The van der Waals surface area contributed by atoms with E-state index >= 15 is 0 Å². The molecule has 0 spiro atoms. The van der Waals surface area contributed by atoms with Crippen LogP contribution in [0.4, 0.5) is 0 Å². The molecule has 0 unspecified atom stereocenters. The van der Waals surface area contributed by atoms with Crippen molar-refractivity contribution in [2.24, 2.45) is 5.10 Å². The van der Waals surface area contributed by atoms with Crippen molar-refractivity contribution in [1.29, 1.82) is 0 Å². The summed E-state index contributed by atoms with van der Waals surface area (Å²) in [5.41, 5.74) is 2.62. The summed E-state index contributed by atoms with van der Waals surface area (Å²) in [6, 6.07) is 34.4. The summed E-state index contributed by atoms with van der Waals surface area (Å²) in [6.07, 6.45) is 1.58. The van der Waals surface area contributed by atoms with E-state index in [2.05, 4.69) is 29.4 Å². The van der Waals surface area contributed by atoms with E-state index in [1.807, 2.05) is 66.7 Å². The van der Waals surface area contributed by atoms with E-state index in [0.717, 1.165) is 21.7 Å². The Balaban J connectivity index is 1.24. The second-order valence-electron chi connectivity index (χ2n) is 10.1. The van der Waals surface area contributed by atoms with Gasteiger partial charge in [0.2, 0.25) is 5.82 Å². The van der Waals surface area contributed by atoms with Gasteiger partial charge < -0.3 is 18.6 Å². The minimum absolute atomic E-state index is 0.269. The number of para-hydroxylation sites is 1. The number of hydrogen-bond acceptors (Lipinski definition) is 7. The van der Waals surface area contributed by atoms with Crippen LogP contribution in [-0.2, 0) is 6.61 Å². The molecular formula is C36H27N3O5. The number of nitrogens with zero attached hydrogens (tertiary/aromatic N) is 3. The number of rotatable bonds is 8. The molecule has 8 nitrogen and oxygen atoms in total. The summed E-state index contributed by atoms with van der Waals surface area (Å²) in [5.74, 6) is 2.46. The molecule has 5 aromatic carbocycles. The Hall–Kier alpha value is -5.89. The van der Waals surface area contributed by atoms with Crippen LogP contribution in [0.25, 0.3) is 44.2 Å². The molecule has 0 saturated heterocycles. The van der Waals surface area contributed by atoms with Gasteiger partial charge in [-0.1, -0.05) is 60.7 Å². The lowest BCUT2D eigenvalue weighted by Crippen LogP contribution is -2.20. The van der Waals surface area contributed by atoms with E-state index in [0.29, 0.717) is 51.7 Å². The number of ether oxygens (including phenoxy) is 3. The van der Waals surface area contributed by atoms with Gasteiger partial charge in [-0.25, -0.2) is 4.98 Å². The summed E-state index contributed by atoms with van der Waals surface area (Å²) in [4.78, 5) is 18.4. The second-order valence-corrected chi connectivity index (χ2v) is 10.1. The molecule has 0 fully saturated rings. The Labute approximate surface area is 252 Å². The molecular weight excluding hydrogens is 554 g/mol. The quantitative estimate of drug-likeness (QED) is 0.173. The van der Waals surface area contributed by atoms with Crippen molar-refractivity contribution < 1.29 is 18.6 Å². The van der Waals surface area contributed by atoms with Crippen LogP contribution in [0.3, 0.4) is 0 Å². The third-order valence-corrected chi connectivity index (χ3v) is 7.49. The van der Waals surface area contributed by atoms with Gasteiger partial charge in [-0.3, -0.25) is 4.79 Å². The minimum atomic E-state index is -0.323.